The van der Waals surface area contributed by atoms with Gasteiger partial charge in [0.05, 0.1) is 11.9 Å². The number of nitrogens with zero attached hydrogens (tertiary/aromatic N) is 1. The zero-order valence-electron chi connectivity index (χ0n) is 14.1. The molecule has 5 nitrogen and oxygen atoms in total. The molecule has 0 radical (unpaired) electrons. The normalized spacial score (nSPS) is 14.5. The molecule has 0 aliphatic rings. The Morgan fingerprint density at radius 1 is 1.18 bits per heavy atom. The maximum absolute atomic E-state index is 12.4. The summed E-state index contributed by atoms with van der Waals surface area (Å²) < 4.78 is 25.5. The van der Waals surface area contributed by atoms with E-state index in [0.29, 0.717) is 5.69 Å². The van der Waals surface area contributed by atoms with Crippen molar-refractivity contribution in [2.24, 2.45) is 5.92 Å². The number of rotatable bonds is 6. The standard InChI is InChI=1S/C16H26N2O3S/c1-11(2)13(4)17-16(19)14(5)18(22(6,20)21)15-9-7-8-12(3)10-15/h7-11,13-14H,1-6H3,(H,17,19). The maximum atomic E-state index is 12.4. The van der Waals surface area contributed by atoms with E-state index in [9.17, 15) is 13.2 Å². The Balaban J connectivity index is 3.11. The SMILES string of the molecule is Cc1cccc(N(C(C)C(=O)NC(C)C(C)C)S(C)(=O)=O)c1. The van der Waals surface area contributed by atoms with Crippen LogP contribution < -0.4 is 9.62 Å². The molecule has 6 heteroatoms. The van der Waals surface area contributed by atoms with E-state index in [4.69, 9.17) is 0 Å². The molecule has 124 valence electrons. The molecule has 0 bridgehead atoms. The van der Waals surface area contributed by atoms with Crippen molar-refractivity contribution in [1.82, 2.24) is 5.32 Å². The first-order valence-corrected chi connectivity index (χ1v) is 9.25. The Morgan fingerprint density at radius 2 is 1.77 bits per heavy atom. The van der Waals surface area contributed by atoms with Gasteiger partial charge in [-0.3, -0.25) is 9.10 Å². The van der Waals surface area contributed by atoms with E-state index in [1.165, 1.54) is 4.31 Å². The summed E-state index contributed by atoms with van der Waals surface area (Å²) in [5, 5.41) is 2.87. The molecule has 0 fully saturated rings. The van der Waals surface area contributed by atoms with Crippen LogP contribution in [-0.4, -0.2) is 32.7 Å². The van der Waals surface area contributed by atoms with Crippen molar-refractivity contribution in [3.05, 3.63) is 29.8 Å². The van der Waals surface area contributed by atoms with Crippen molar-refractivity contribution < 1.29 is 13.2 Å². The zero-order valence-corrected chi connectivity index (χ0v) is 14.9. The third kappa shape index (κ3) is 4.73. The van der Waals surface area contributed by atoms with Gasteiger partial charge in [0.15, 0.2) is 0 Å². The van der Waals surface area contributed by atoms with Crippen LogP contribution in [0.5, 0.6) is 0 Å². The minimum Gasteiger partial charge on any atom is -0.352 e. The first-order valence-electron chi connectivity index (χ1n) is 7.40. The summed E-state index contributed by atoms with van der Waals surface area (Å²) in [6.45, 7) is 9.41. The largest absolute Gasteiger partial charge is 0.352 e. The highest BCUT2D eigenvalue weighted by Gasteiger charge is 2.30. The van der Waals surface area contributed by atoms with Crippen molar-refractivity contribution in [1.29, 1.82) is 0 Å². The van der Waals surface area contributed by atoms with E-state index in [-0.39, 0.29) is 17.9 Å². The molecule has 1 amide bonds. The first-order chi connectivity index (χ1) is 10.0. The van der Waals surface area contributed by atoms with Crippen LogP contribution >= 0.6 is 0 Å². The van der Waals surface area contributed by atoms with E-state index >= 15 is 0 Å². The van der Waals surface area contributed by atoms with Crippen molar-refractivity contribution in [3.63, 3.8) is 0 Å². The van der Waals surface area contributed by atoms with E-state index in [1.54, 1.807) is 25.1 Å². The Hall–Kier alpha value is -1.56. The Bertz CT molecular complexity index is 626. The van der Waals surface area contributed by atoms with Gasteiger partial charge in [-0.25, -0.2) is 8.42 Å². The predicted octanol–water partition coefficient (Wildman–Crippen LogP) is 2.31. The second kappa shape index (κ2) is 7.13. The molecule has 2 atom stereocenters. The minimum absolute atomic E-state index is 0.0196. The molecule has 0 aliphatic heterocycles. The Morgan fingerprint density at radius 3 is 2.23 bits per heavy atom. The molecular weight excluding hydrogens is 300 g/mol. The summed E-state index contributed by atoms with van der Waals surface area (Å²) >= 11 is 0. The highest BCUT2D eigenvalue weighted by Crippen LogP contribution is 2.22. The predicted molar refractivity (Wildman–Crippen MR) is 90.4 cm³/mol. The molecule has 0 saturated heterocycles. The van der Waals surface area contributed by atoms with Gasteiger partial charge in [0.25, 0.3) is 0 Å². The molecule has 0 spiro atoms. The Kier molecular flexibility index (Phi) is 6.00. The van der Waals surface area contributed by atoms with Gasteiger partial charge in [-0.1, -0.05) is 26.0 Å². The molecule has 22 heavy (non-hydrogen) atoms. The van der Waals surface area contributed by atoms with Crippen LogP contribution in [0.2, 0.25) is 0 Å². The van der Waals surface area contributed by atoms with Gasteiger partial charge in [-0.2, -0.15) is 0 Å². The number of hydrogen-bond acceptors (Lipinski definition) is 3. The van der Waals surface area contributed by atoms with Crippen molar-refractivity contribution in [2.75, 3.05) is 10.6 Å². The maximum Gasteiger partial charge on any atom is 0.243 e. The van der Waals surface area contributed by atoms with Crippen LogP contribution in [0.15, 0.2) is 24.3 Å². The lowest BCUT2D eigenvalue weighted by Crippen LogP contribution is -2.50. The molecule has 0 aliphatic carbocycles. The topological polar surface area (TPSA) is 66.5 Å². The van der Waals surface area contributed by atoms with E-state index in [2.05, 4.69) is 5.32 Å². The van der Waals surface area contributed by atoms with E-state index in [1.807, 2.05) is 33.8 Å². The lowest BCUT2D eigenvalue weighted by molar-refractivity contribution is -0.122. The van der Waals surface area contributed by atoms with Gasteiger partial charge in [0.2, 0.25) is 15.9 Å². The van der Waals surface area contributed by atoms with Gasteiger partial charge in [0.1, 0.15) is 6.04 Å². The average molecular weight is 326 g/mol. The molecular formula is C16H26N2O3S. The molecule has 0 heterocycles. The van der Waals surface area contributed by atoms with Crippen LogP contribution in [-0.2, 0) is 14.8 Å². The summed E-state index contributed by atoms with van der Waals surface area (Å²) in [4.78, 5) is 12.4. The van der Waals surface area contributed by atoms with Crippen LogP contribution in [0, 0.1) is 12.8 Å². The summed E-state index contributed by atoms with van der Waals surface area (Å²) in [6.07, 6.45) is 1.12. The summed E-state index contributed by atoms with van der Waals surface area (Å²) in [7, 11) is -3.56. The average Bonchev–Trinajstić information content (AvgIpc) is 2.36. The Labute approximate surface area is 133 Å². The highest BCUT2D eigenvalue weighted by molar-refractivity contribution is 7.92. The quantitative estimate of drug-likeness (QED) is 0.872. The van der Waals surface area contributed by atoms with Gasteiger partial charge in [-0.05, 0) is 44.4 Å². The van der Waals surface area contributed by atoms with Crippen LogP contribution in [0.4, 0.5) is 5.69 Å². The number of carbonyl (C=O) groups excluding carboxylic acids is 1. The third-order valence-corrected chi connectivity index (χ3v) is 4.96. The number of amides is 1. The number of benzene rings is 1. The summed E-state index contributed by atoms with van der Waals surface area (Å²) in [5.41, 5.74) is 1.44. The van der Waals surface area contributed by atoms with Gasteiger partial charge in [-0.15, -0.1) is 0 Å². The number of anilines is 1. The lowest BCUT2D eigenvalue weighted by atomic mass is 10.1. The molecule has 1 aromatic rings. The third-order valence-electron chi connectivity index (χ3n) is 3.71. The molecule has 1 N–H and O–H groups in total. The fourth-order valence-corrected chi connectivity index (χ4v) is 3.25. The van der Waals surface area contributed by atoms with Gasteiger partial charge < -0.3 is 5.32 Å². The lowest BCUT2D eigenvalue weighted by Gasteiger charge is -2.30. The zero-order chi connectivity index (χ0) is 17.1. The van der Waals surface area contributed by atoms with Crippen LogP contribution in [0.3, 0.4) is 0 Å². The summed E-state index contributed by atoms with van der Waals surface area (Å²) in [5.74, 6) is -0.0186. The monoisotopic (exact) mass is 326 g/mol. The fourth-order valence-electron chi connectivity index (χ4n) is 2.09. The number of sulfonamides is 1. The number of carbonyl (C=O) groups is 1. The number of aryl methyl sites for hydroxylation is 1. The minimum atomic E-state index is -3.56. The van der Waals surface area contributed by atoms with Gasteiger partial charge in [0, 0.05) is 6.04 Å². The first kappa shape index (κ1) is 18.5. The fraction of sp³-hybridized carbons (Fsp3) is 0.562. The van der Waals surface area contributed by atoms with Crippen molar-refractivity contribution >= 4 is 21.6 Å². The second-order valence-electron chi connectivity index (χ2n) is 6.12. The van der Waals surface area contributed by atoms with Gasteiger partial charge >= 0.3 is 0 Å². The van der Waals surface area contributed by atoms with Crippen LogP contribution in [0.1, 0.15) is 33.3 Å². The smallest absolute Gasteiger partial charge is 0.243 e. The van der Waals surface area contributed by atoms with E-state index < -0.39 is 16.1 Å². The van der Waals surface area contributed by atoms with Crippen molar-refractivity contribution in [3.8, 4) is 0 Å². The molecule has 0 aromatic heterocycles. The molecule has 1 aromatic carbocycles. The number of hydrogen-bond donors (Lipinski definition) is 1. The van der Waals surface area contributed by atoms with E-state index in [0.717, 1.165) is 11.8 Å². The molecule has 0 saturated carbocycles. The second-order valence-corrected chi connectivity index (χ2v) is 7.97. The molecule has 2 unspecified atom stereocenters. The molecule has 1 rings (SSSR count). The highest BCUT2D eigenvalue weighted by atomic mass is 32.2. The number of nitrogens with one attached hydrogen (secondary N) is 1. The van der Waals surface area contributed by atoms with Crippen LogP contribution in [0.25, 0.3) is 0 Å². The summed E-state index contributed by atoms with van der Waals surface area (Å²) in [6, 6.07) is 6.30. The van der Waals surface area contributed by atoms with Crippen molar-refractivity contribution in [2.45, 2.75) is 46.7 Å².